The topological polar surface area (TPSA) is 22.1 Å². The third kappa shape index (κ3) is 2.83. The molecule has 4 heteroatoms. The molecule has 2 aromatic rings. The molecule has 0 saturated carbocycles. The summed E-state index contributed by atoms with van der Waals surface area (Å²) in [5.74, 6) is 0.903. The van der Waals surface area contributed by atoms with Gasteiger partial charge in [-0.2, -0.15) is 0 Å². The minimum absolute atomic E-state index is 0.529. The van der Waals surface area contributed by atoms with Gasteiger partial charge in [0, 0.05) is 9.85 Å². The predicted molar refractivity (Wildman–Crippen MR) is 70.1 cm³/mol. The number of ether oxygens (including phenoxy) is 1. The van der Waals surface area contributed by atoms with Crippen LogP contribution < -0.4 is 4.74 Å². The lowest BCUT2D eigenvalue weighted by molar-refractivity contribution is 0.299. The minimum atomic E-state index is 0.529. The molecule has 2 nitrogen and oxygen atoms in total. The SMILES string of the molecule is Cc1nc(COc2cc(Br)ccc2C)cs1. The fourth-order valence-corrected chi connectivity index (χ4v) is 2.29. The Morgan fingerprint density at radius 2 is 2.19 bits per heavy atom. The van der Waals surface area contributed by atoms with Gasteiger partial charge in [0.2, 0.25) is 0 Å². The Kier molecular flexibility index (Phi) is 3.61. The lowest BCUT2D eigenvalue weighted by Crippen LogP contribution is -1.97. The quantitative estimate of drug-likeness (QED) is 0.851. The number of aryl methyl sites for hydroxylation is 2. The highest BCUT2D eigenvalue weighted by Crippen LogP contribution is 2.23. The summed E-state index contributed by atoms with van der Waals surface area (Å²) in [7, 11) is 0. The molecular formula is C12H12BrNOS. The van der Waals surface area contributed by atoms with E-state index in [0.29, 0.717) is 6.61 Å². The average Bonchev–Trinajstić information content (AvgIpc) is 2.66. The molecule has 0 atom stereocenters. The summed E-state index contributed by atoms with van der Waals surface area (Å²) in [4.78, 5) is 4.36. The zero-order valence-electron chi connectivity index (χ0n) is 9.16. The van der Waals surface area contributed by atoms with Gasteiger partial charge in [0.1, 0.15) is 12.4 Å². The number of hydrogen-bond donors (Lipinski definition) is 0. The number of rotatable bonds is 3. The molecule has 0 N–H and O–H groups in total. The fourth-order valence-electron chi connectivity index (χ4n) is 1.36. The molecular weight excluding hydrogens is 286 g/mol. The van der Waals surface area contributed by atoms with E-state index >= 15 is 0 Å². The van der Waals surface area contributed by atoms with Gasteiger partial charge in [0.25, 0.3) is 0 Å². The van der Waals surface area contributed by atoms with E-state index in [0.717, 1.165) is 26.5 Å². The van der Waals surface area contributed by atoms with Crippen LogP contribution in [-0.4, -0.2) is 4.98 Å². The van der Waals surface area contributed by atoms with Crippen molar-refractivity contribution in [2.45, 2.75) is 20.5 Å². The van der Waals surface area contributed by atoms with Gasteiger partial charge in [-0.1, -0.05) is 22.0 Å². The summed E-state index contributed by atoms with van der Waals surface area (Å²) in [6.07, 6.45) is 0. The van der Waals surface area contributed by atoms with Gasteiger partial charge in [-0.05, 0) is 31.5 Å². The van der Waals surface area contributed by atoms with E-state index in [2.05, 4.69) is 20.9 Å². The smallest absolute Gasteiger partial charge is 0.131 e. The maximum absolute atomic E-state index is 5.73. The van der Waals surface area contributed by atoms with Crippen LogP contribution in [-0.2, 0) is 6.61 Å². The molecule has 0 bridgehead atoms. The molecule has 0 unspecified atom stereocenters. The first kappa shape index (κ1) is 11.6. The van der Waals surface area contributed by atoms with Gasteiger partial charge in [-0.25, -0.2) is 4.98 Å². The van der Waals surface area contributed by atoms with Gasteiger partial charge in [-0.3, -0.25) is 0 Å². The summed E-state index contributed by atoms with van der Waals surface area (Å²) in [6, 6.07) is 6.02. The van der Waals surface area contributed by atoms with E-state index in [1.54, 1.807) is 11.3 Å². The summed E-state index contributed by atoms with van der Waals surface area (Å²) in [5, 5.41) is 3.10. The number of nitrogens with zero attached hydrogens (tertiary/aromatic N) is 1. The molecule has 1 aromatic heterocycles. The zero-order chi connectivity index (χ0) is 11.5. The lowest BCUT2D eigenvalue weighted by Gasteiger charge is -2.07. The molecule has 0 saturated heterocycles. The van der Waals surface area contributed by atoms with E-state index < -0.39 is 0 Å². The highest BCUT2D eigenvalue weighted by atomic mass is 79.9. The summed E-state index contributed by atoms with van der Waals surface area (Å²) < 4.78 is 6.76. The third-order valence-electron chi connectivity index (χ3n) is 2.19. The fraction of sp³-hybridized carbons (Fsp3) is 0.250. The van der Waals surface area contributed by atoms with E-state index in [4.69, 9.17) is 4.74 Å². The van der Waals surface area contributed by atoms with E-state index in [9.17, 15) is 0 Å². The molecule has 0 radical (unpaired) electrons. The van der Waals surface area contributed by atoms with Crippen LogP contribution in [0, 0.1) is 13.8 Å². The van der Waals surface area contributed by atoms with Crippen LogP contribution in [0.15, 0.2) is 28.1 Å². The lowest BCUT2D eigenvalue weighted by atomic mass is 10.2. The number of aromatic nitrogens is 1. The Hall–Kier alpha value is -0.870. The number of thiazole rings is 1. The van der Waals surface area contributed by atoms with E-state index in [1.165, 1.54) is 0 Å². The van der Waals surface area contributed by atoms with Gasteiger partial charge >= 0.3 is 0 Å². The first-order valence-electron chi connectivity index (χ1n) is 4.95. The molecule has 0 aliphatic rings. The Bertz CT molecular complexity index is 496. The van der Waals surface area contributed by atoms with Crippen molar-refractivity contribution in [3.63, 3.8) is 0 Å². The molecule has 1 heterocycles. The molecule has 1 aromatic carbocycles. The molecule has 0 fully saturated rings. The first-order valence-corrected chi connectivity index (χ1v) is 6.62. The monoisotopic (exact) mass is 297 g/mol. The van der Waals surface area contributed by atoms with Crippen LogP contribution in [0.3, 0.4) is 0 Å². The maximum Gasteiger partial charge on any atom is 0.131 e. The van der Waals surface area contributed by atoms with Crippen molar-refractivity contribution < 1.29 is 4.74 Å². The van der Waals surface area contributed by atoms with Gasteiger partial charge in [-0.15, -0.1) is 11.3 Å². The van der Waals surface area contributed by atoms with Crippen LogP contribution in [0.1, 0.15) is 16.3 Å². The van der Waals surface area contributed by atoms with Crippen LogP contribution in [0.4, 0.5) is 0 Å². The molecule has 0 aliphatic carbocycles. The molecule has 84 valence electrons. The second-order valence-electron chi connectivity index (χ2n) is 3.56. The third-order valence-corrected chi connectivity index (χ3v) is 3.51. The maximum atomic E-state index is 5.73. The van der Waals surface area contributed by atoms with Crippen molar-refractivity contribution in [2.75, 3.05) is 0 Å². The number of halogens is 1. The van der Waals surface area contributed by atoms with Crippen molar-refractivity contribution in [2.24, 2.45) is 0 Å². The Labute approximate surface area is 107 Å². The minimum Gasteiger partial charge on any atom is -0.487 e. The van der Waals surface area contributed by atoms with Crippen LogP contribution >= 0.6 is 27.3 Å². The Morgan fingerprint density at radius 1 is 1.38 bits per heavy atom. The predicted octanol–water partition coefficient (Wildman–Crippen LogP) is 4.10. The molecule has 0 aliphatic heterocycles. The molecule has 16 heavy (non-hydrogen) atoms. The zero-order valence-corrected chi connectivity index (χ0v) is 11.6. The largest absolute Gasteiger partial charge is 0.487 e. The van der Waals surface area contributed by atoms with Gasteiger partial charge < -0.3 is 4.74 Å². The van der Waals surface area contributed by atoms with E-state index in [-0.39, 0.29) is 0 Å². The highest BCUT2D eigenvalue weighted by Gasteiger charge is 2.03. The Balaban J connectivity index is 2.07. The average molecular weight is 298 g/mol. The van der Waals surface area contributed by atoms with Crippen molar-refractivity contribution in [1.82, 2.24) is 4.98 Å². The summed E-state index contributed by atoms with van der Waals surface area (Å²) in [5.41, 5.74) is 2.12. The van der Waals surface area contributed by atoms with E-state index in [1.807, 2.05) is 37.4 Å². The van der Waals surface area contributed by atoms with Crippen molar-refractivity contribution in [3.05, 3.63) is 44.3 Å². The number of hydrogen-bond acceptors (Lipinski definition) is 3. The van der Waals surface area contributed by atoms with Crippen LogP contribution in [0.5, 0.6) is 5.75 Å². The van der Waals surface area contributed by atoms with Gasteiger partial charge in [0.05, 0.1) is 10.7 Å². The van der Waals surface area contributed by atoms with Crippen LogP contribution in [0.25, 0.3) is 0 Å². The van der Waals surface area contributed by atoms with Crippen molar-refractivity contribution >= 4 is 27.3 Å². The second-order valence-corrected chi connectivity index (χ2v) is 5.53. The molecule has 2 rings (SSSR count). The van der Waals surface area contributed by atoms with Crippen molar-refractivity contribution in [1.29, 1.82) is 0 Å². The summed E-state index contributed by atoms with van der Waals surface area (Å²) in [6.45, 7) is 4.56. The molecule has 0 amide bonds. The highest BCUT2D eigenvalue weighted by molar-refractivity contribution is 9.10. The summed E-state index contributed by atoms with van der Waals surface area (Å²) >= 11 is 5.08. The standard InChI is InChI=1S/C12H12BrNOS/c1-8-3-4-10(13)5-12(8)15-6-11-7-16-9(2)14-11/h3-5,7H,6H2,1-2H3. The normalized spacial score (nSPS) is 10.4. The first-order chi connectivity index (χ1) is 7.65. The molecule has 0 spiro atoms. The van der Waals surface area contributed by atoms with Crippen LogP contribution in [0.2, 0.25) is 0 Å². The number of benzene rings is 1. The second kappa shape index (κ2) is 4.97. The Morgan fingerprint density at radius 3 is 2.88 bits per heavy atom. The van der Waals surface area contributed by atoms with Gasteiger partial charge in [0.15, 0.2) is 0 Å². The van der Waals surface area contributed by atoms with Crippen molar-refractivity contribution in [3.8, 4) is 5.75 Å².